The van der Waals surface area contributed by atoms with Gasteiger partial charge in [-0.15, -0.1) is 0 Å². The molecule has 0 radical (unpaired) electrons. The van der Waals surface area contributed by atoms with Crippen molar-refractivity contribution in [1.82, 2.24) is 20.1 Å². The molecule has 0 aliphatic carbocycles. The lowest BCUT2D eigenvalue weighted by molar-refractivity contribution is -0.132. The van der Waals surface area contributed by atoms with E-state index in [1.165, 1.54) is 6.33 Å². The lowest BCUT2D eigenvalue weighted by Crippen LogP contribution is -2.41. The van der Waals surface area contributed by atoms with Crippen LogP contribution in [0.25, 0.3) is 0 Å². The average molecular weight is 210 g/mol. The summed E-state index contributed by atoms with van der Waals surface area (Å²) in [6.45, 7) is 8.32. The normalized spacial score (nSPS) is 11.8. The Balaban J connectivity index is 2.49. The van der Waals surface area contributed by atoms with Crippen molar-refractivity contribution in [2.24, 2.45) is 11.3 Å². The molecule has 5 heteroatoms. The van der Waals surface area contributed by atoms with E-state index in [1.807, 2.05) is 27.7 Å². The fraction of sp³-hybridized carbons (Fsp3) is 0.700. The number of aromatic nitrogens is 3. The van der Waals surface area contributed by atoms with Crippen LogP contribution >= 0.6 is 0 Å². The zero-order chi connectivity index (χ0) is 11.5. The van der Waals surface area contributed by atoms with Crippen LogP contribution in [0.3, 0.4) is 0 Å². The van der Waals surface area contributed by atoms with Crippen LogP contribution in [0.4, 0.5) is 0 Å². The largest absolute Gasteiger partial charge is 0.336 e. The molecule has 1 aromatic heterocycles. The van der Waals surface area contributed by atoms with Crippen molar-refractivity contribution in [3.8, 4) is 0 Å². The summed E-state index contributed by atoms with van der Waals surface area (Å²) in [5, 5.41) is 6.73. The molecule has 0 unspecified atom stereocenters. The van der Waals surface area contributed by atoms with Crippen LogP contribution in [0.15, 0.2) is 12.7 Å². The summed E-state index contributed by atoms with van der Waals surface area (Å²) in [6, 6.07) is 0. The quantitative estimate of drug-likeness (QED) is 0.807. The number of nitrogens with one attached hydrogen (secondary N) is 1. The van der Waals surface area contributed by atoms with Crippen molar-refractivity contribution in [3.63, 3.8) is 0 Å². The summed E-state index contributed by atoms with van der Waals surface area (Å²) >= 11 is 0. The summed E-state index contributed by atoms with van der Waals surface area (Å²) in [7, 11) is 0. The van der Waals surface area contributed by atoms with Crippen LogP contribution in [0, 0.1) is 11.3 Å². The molecule has 1 N–H and O–H groups in total. The maximum Gasteiger partial charge on any atom is 0.227 e. The second kappa shape index (κ2) is 4.42. The van der Waals surface area contributed by atoms with Gasteiger partial charge in [0.15, 0.2) is 0 Å². The molecular weight excluding hydrogens is 192 g/mol. The number of nitrogens with zero attached hydrogens (tertiary/aromatic N) is 3. The monoisotopic (exact) mass is 210 g/mol. The van der Waals surface area contributed by atoms with Gasteiger partial charge in [-0.2, -0.15) is 5.10 Å². The van der Waals surface area contributed by atoms with E-state index in [1.54, 1.807) is 11.0 Å². The highest BCUT2D eigenvalue weighted by Crippen LogP contribution is 2.25. The Morgan fingerprint density at radius 3 is 2.67 bits per heavy atom. The van der Waals surface area contributed by atoms with Gasteiger partial charge in [0, 0.05) is 5.41 Å². The minimum atomic E-state index is -0.361. The number of carbonyl (C=O) groups is 1. The SMILES string of the molecule is CC(C)C(C)(C)C(=O)NCn1cncn1. The van der Waals surface area contributed by atoms with E-state index in [-0.39, 0.29) is 11.3 Å². The van der Waals surface area contributed by atoms with E-state index in [9.17, 15) is 4.79 Å². The molecule has 0 aliphatic rings. The molecule has 1 rings (SSSR count). The topological polar surface area (TPSA) is 59.8 Å². The lowest BCUT2D eigenvalue weighted by atomic mass is 9.80. The zero-order valence-corrected chi connectivity index (χ0v) is 9.69. The van der Waals surface area contributed by atoms with Crippen molar-refractivity contribution < 1.29 is 4.79 Å². The zero-order valence-electron chi connectivity index (χ0n) is 9.69. The molecule has 1 amide bonds. The molecule has 0 aliphatic heterocycles. The third-order valence-corrected chi connectivity index (χ3v) is 2.90. The Morgan fingerprint density at radius 2 is 2.20 bits per heavy atom. The number of carbonyl (C=O) groups excluding carboxylic acids is 1. The molecule has 5 nitrogen and oxygen atoms in total. The Bertz CT molecular complexity index is 316. The summed E-state index contributed by atoms with van der Waals surface area (Å²) < 4.78 is 1.58. The van der Waals surface area contributed by atoms with Gasteiger partial charge in [-0.05, 0) is 5.92 Å². The Kier molecular flexibility index (Phi) is 3.44. The van der Waals surface area contributed by atoms with Gasteiger partial charge in [-0.25, -0.2) is 9.67 Å². The van der Waals surface area contributed by atoms with E-state index in [2.05, 4.69) is 15.4 Å². The minimum Gasteiger partial charge on any atom is -0.336 e. The molecule has 0 fully saturated rings. The molecule has 0 aromatic carbocycles. The molecule has 0 saturated heterocycles. The Hall–Kier alpha value is -1.39. The first-order valence-electron chi connectivity index (χ1n) is 5.05. The van der Waals surface area contributed by atoms with Crippen molar-refractivity contribution in [1.29, 1.82) is 0 Å². The van der Waals surface area contributed by atoms with Crippen molar-refractivity contribution in [2.45, 2.75) is 34.4 Å². The van der Waals surface area contributed by atoms with Gasteiger partial charge >= 0.3 is 0 Å². The molecule has 0 saturated carbocycles. The molecule has 0 spiro atoms. The third-order valence-electron chi connectivity index (χ3n) is 2.90. The van der Waals surface area contributed by atoms with Crippen LogP contribution in [0.1, 0.15) is 27.7 Å². The van der Waals surface area contributed by atoms with Crippen LogP contribution in [0.2, 0.25) is 0 Å². The number of amides is 1. The van der Waals surface area contributed by atoms with Crippen molar-refractivity contribution in [3.05, 3.63) is 12.7 Å². The second-order valence-electron chi connectivity index (χ2n) is 4.48. The minimum absolute atomic E-state index is 0.0352. The smallest absolute Gasteiger partial charge is 0.227 e. The van der Waals surface area contributed by atoms with E-state index < -0.39 is 0 Å². The van der Waals surface area contributed by atoms with Crippen LogP contribution in [-0.4, -0.2) is 20.7 Å². The van der Waals surface area contributed by atoms with Gasteiger partial charge in [-0.3, -0.25) is 4.79 Å². The number of hydrogen-bond donors (Lipinski definition) is 1. The maximum absolute atomic E-state index is 11.8. The number of rotatable bonds is 4. The molecule has 1 heterocycles. The van der Waals surface area contributed by atoms with Gasteiger partial charge < -0.3 is 5.32 Å². The van der Waals surface area contributed by atoms with Gasteiger partial charge in [0.05, 0.1) is 0 Å². The van der Waals surface area contributed by atoms with Crippen LogP contribution < -0.4 is 5.32 Å². The molecule has 0 bridgehead atoms. The highest BCUT2D eigenvalue weighted by Gasteiger charge is 2.30. The molecule has 84 valence electrons. The molecule has 0 atom stereocenters. The molecule has 15 heavy (non-hydrogen) atoms. The highest BCUT2D eigenvalue weighted by molar-refractivity contribution is 5.81. The van der Waals surface area contributed by atoms with Gasteiger partial charge in [-0.1, -0.05) is 27.7 Å². The number of hydrogen-bond acceptors (Lipinski definition) is 3. The lowest BCUT2D eigenvalue weighted by Gasteiger charge is -2.27. The predicted molar refractivity (Wildman–Crippen MR) is 56.8 cm³/mol. The Labute approximate surface area is 89.9 Å². The summed E-state index contributed by atoms with van der Waals surface area (Å²) in [4.78, 5) is 15.6. The molecular formula is C10H18N4O. The van der Waals surface area contributed by atoms with Gasteiger partial charge in [0.25, 0.3) is 0 Å². The summed E-state index contributed by atoms with van der Waals surface area (Å²) in [5.74, 6) is 0.334. The van der Waals surface area contributed by atoms with Crippen LogP contribution in [-0.2, 0) is 11.5 Å². The third kappa shape index (κ3) is 2.78. The van der Waals surface area contributed by atoms with E-state index in [4.69, 9.17) is 0 Å². The van der Waals surface area contributed by atoms with Crippen LogP contribution in [0.5, 0.6) is 0 Å². The maximum atomic E-state index is 11.8. The average Bonchev–Trinajstić information content (AvgIpc) is 2.66. The van der Waals surface area contributed by atoms with E-state index in [0.717, 1.165) is 0 Å². The van der Waals surface area contributed by atoms with Gasteiger partial charge in [0.1, 0.15) is 19.3 Å². The predicted octanol–water partition coefficient (Wildman–Crippen LogP) is 1.03. The fourth-order valence-corrected chi connectivity index (χ4v) is 0.957. The summed E-state index contributed by atoms with van der Waals surface area (Å²) in [6.07, 6.45) is 3.02. The van der Waals surface area contributed by atoms with E-state index >= 15 is 0 Å². The van der Waals surface area contributed by atoms with Crippen molar-refractivity contribution >= 4 is 5.91 Å². The highest BCUT2D eigenvalue weighted by atomic mass is 16.2. The Morgan fingerprint density at radius 1 is 1.53 bits per heavy atom. The van der Waals surface area contributed by atoms with Gasteiger partial charge in [0.2, 0.25) is 5.91 Å². The summed E-state index contributed by atoms with van der Waals surface area (Å²) in [5.41, 5.74) is -0.361. The first kappa shape index (κ1) is 11.7. The first-order valence-corrected chi connectivity index (χ1v) is 5.05. The van der Waals surface area contributed by atoms with E-state index in [0.29, 0.717) is 12.6 Å². The first-order chi connectivity index (χ1) is 6.94. The second-order valence-corrected chi connectivity index (χ2v) is 4.48. The van der Waals surface area contributed by atoms with Crippen molar-refractivity contribution in [2.75, 3.05) is 0 Å². The molecule has 1 aromatic rings. The standard InChI is InChI=1S/C10H18N4O/c1-8(2)10(3,4)9(15)12-7-14-6-11-5-13-14/h5-6,8H,7H2,1-4H3,(H,12,15). The fourth-order valence-electron chi connectivity index (χ4n) is 0.957.